The molecule has 17 nitrogen and oxygen atoms in total. The maximum Gasteiger partial charge on any atom is 0.472 e. The summed E-state index contributed by atoms with van der Waals surface area (Å²) in [6, 6.07) is 0. The van der Waals surface area contributed by atoms with E-state index < -0.39 is 97.5 Å². The Hall–Kier alpha value is -1.94. The van der Waals surface area contributed by atoms with Gasteiger partial charge in [-0.1, -0.05) is 274 Å². The summed E-state index contributed by atoms with van der Waals surface area (Å²) < 4.78 is 68.1. The highest BCUT2D eigenvalue weighted by atomic mass is 31.2. The Morgan fingerprint density at radius 3 is 0.826 bits per heavy atom. The molecule has 19 heteroatoms. The van der Waals surface area contributed by atoms with Crippen LogP contribution < -0.4 is 0 Å². The Morgan fingerprint density at radius 1 is 0.326 bits per heavy atom. The Morgan fingerprint density at radius 2 is 0.558 bits per heavy atom. The molecule has 0 bridgehead atoms. The van der Waals surface area contributed by atoms with Crippen molar-refractivity contribution in [3.05, 3.63) is 0 Å². The highest BCUT2D eigenvalue weighted by molar-refractivity contribution is 7.47. The van der Waals surface area contributed by atoms with Crippen molar-refractivity contribution in [1.29, 1.82) is 0 Å². The highest BCUT2D eigenvalue weighted by Gasteiger charge is 2.30. The summed E-state index contributed by atoms with van der Waals surface area (Å²) in [4.78, 5) is 72.3. The summed E-state index contributed by atoms with van der Waals surface area (Å²) in [7, 11) is -9.90. The Kier molecular flexibility index (Phi) is 55.7. The number of rotatable bonds is 64. The second kappa shape index (κ2) is 57.0. The van der Waals surface area contributed by atoms with Gasteiger partial charge in [-0.25, -0.2) is 9.13 Å². The fourth-order valence-corrected chi connectivity index (χ4v) is 11.5. The standard InChI is InChI=1S/C67H130O17P2/c1-9-59(7)45-37-29-20-17-18-22-33-41-49-66(71)83-62(53-77-64(69)47-39-31-21-16-14-12-11-13-15-19-27-35-43-57(3)4)55-81-85(73,74)79-51-61(68)52-80-86(75,76)82-56-63(84-67(72)50-42-34-25-23-28-36-44-58(5)6)54-78-65(70)48-40-32-26-24-30-38-46-60(8)10-2/h57-63,68H,9-56H2,1-8H3,(H,73,74)(H,75,76)/t59?,60?,61-,62-,63-/m1/s1. The van der Waals surface area contributed by atoms with Crippen molar-refractivity contribution in [2.45, 2.75) is 343 Å². The number of ether oxygens (including phenoxy) is 4. The Bertz CT molecular complexity index is 1720. The van der Waals surface area contributed by atoms with Crippen molar-refractivity contribution in [2.24, 2.45) is 23.7 Å². The molecule has 0 heterocycles. The van der Waals surface area contributed by atoms with E-state index in [1.807, 2.05) is 0 Å². The van der Waals surface area contributed by atoms with Gasteiger partial charge in [0.2, 0.25) is 0 Å². The van der Waals surface area contributed by atoms with Gasteiger partial charge in [0.1, 0.15) is 19.3 Å². The van der Waals surface area contributed by atoms with E-state index in [0.29, 0.717) is 31.6 Å². The van der Waals surface area contributed by atoms with E-state index in [4.69, 9.17) is 37.0 Å². The molecule has 0 saturated heterocycles. The lowest BCUT2D eigenvalue weighted by molar-refractivity contribution is -0.161. The fourth-order valence-electron chi connectivity index (χ4n) is 9.89. The van der Waals surface area contributed by atoms with E-state index in [2.05, 4.69) is 55.4 Å². The zero-order valence-corrected chi connectivity index (χ0v) is 57.7. The largest absolute Gasteiger partial charge is 0.472 e. The van der Waals surface area contributed by atoms with Crippen LogP contribution in [0.3, 0.4) is 0 Å². The molecule has 7 atom stereocenters. The van der Waals surface area contributed by atoms with Crippen molar-refractivity contribution in [3.8, 4) is 0 Å². The van der Waals surface area contributed by atoms with Gasteiger partial charge in [0.05, 0.1) is 26.4 Å². The van der Waals surface area contributed by atoms with Crippen molar-refractivity contribution in [3.63, 3.8) is 0 Å². The summed E-state index contributed by atoms with van der Waals surface area (Å²) >= 11 is 0. The van der Waals surface area contributed by atoms with Crippen LogP contribution in [0.25, 0.3) is 0 Å². The third-order valence-electron chi connectivity index (χ3n) is 16.0. The molecule has 86 heavy (non-hydrogen) atoms. The molecular weight excluding hydrogens is 1140 g/mol. The quantitative estimate of drug-likeness (QED) is 0.0222. The molecule has 0 amide bonds. The van der Waals surface area contributed by atoms with Crippen molar-refractivity contribution in [1.82, 2.24) is 0 Å². The van der Waals surface area contributed by atoms with Crippen molar-refractivity contribution >= 4 is 39.5 Å². The van der Waals surface area contributed by atoms with E-state index >= 15 is 0 Å². The van der Waals surface area contributed by atoms with E-state index in [9.17, 15) is 43.2 Å². The number of phosphoric acid groups is 2. The summed E-state index contributed by atoms with van der Waals surface area (Å²) in [5, 5.41) is 10.6. The molecule has 0 aromatic rings. The van der Waals surface area contributed by atoms with Crippen LogP contribution in [0.4, 0.5) is 0 Å². The summed E-state index contributed by atoms with van der Waals surface area (Å²) in [5.41, 5.74) is 0. The molecule has 0 aromatic heterocycles. The van der Waals surface area contributed by atoms with Gasteiger partial charge < -0.3 is 33.8 Å². The predicted molar refractivity (Wildman–Crippen MR) is 344 cm³/mol. The number of aliphatic hydroxyl groups excluding tert-OH is 1. The topological polar surface area (TPSA) is 237 Å². The van der Waals surface area contributed by atoms with E-state index in [0.717, 1.165) is 114 Å². The summed E-state index contributed by atoms with van der Waals surface area (Å²) in [6.45, 7) is 14.0. The molecule has 0 fully saturated rings. The molecule has 0 radical (unpaired) electrons. The number of phosphoric ester groups is 2. The fraction of sp³-hybridized carbons (Fsp3) is 0.940. The van der Waals surface area contributed by atoms with Crippen LogP contribution in [0.15, 0.2) is 0 Å². The number of hydrogen-bond acceptors (Lipinski definition) is 15. The number of esters is 4. The van der Waals surface area contributed by atoms with Gasteiger partial charge >= 0.3 is 39.5 Å². The average Bonchev–Trinajstić information content (AvgIpc) is 3.68. The van der Waals surface area contributed by atoms with E-state index in [1.165, 1.54) is 122 Å². The lowest BCUT2D eigenvalue weighted by Gasteiger charge is -2.21. The molecule has 0 rings (SSSR count). The normalized spacial score (nSPS) is 15.0. The third-order valence-corrected chi connectivity index (χ3v) is 17.9. The molecule has 0 spiro atoms. The van der Waals surface area contributed by atoms with Gasteiger partial charge in [0, 0.05) is 25.7 Å². The molecule has 0 saturated carbocycles. The van der Waals surface area contributed by atoms with Crippen LogP contribution in [0.2, 0.25) is 0 Å². The molecular formula is C67H130O17P2. The third kappa shape index (κ3) is 58.4. The first-order valence-electron chi connectivity index (χ1n) is 34.8. The SMILES string of the molecule is CCC(C)CCCCCCCCCCC(=O)O[C@H](COC(=O)CCCCCCCCCCCCCCC(C)C)COP(=O)(O)OC[C@@H](O)COP(=O)(O)OC[C@@H](COC(=O)CCCCCCCCC(C)CC)OC(=O)CCCCCCCCC(C)C. The van der Waals surface area contributed by atoms with Gasteiger partial charge in [0.15, 0.2) is 12.2 Å². The maximum absolute atomic E-state index is 13.0. The van der Waals surface area contributed by atoms with E-state index in [1.54, 1.807) is 0 Å². The zero-order valence-electron chi connectivity index (χ0n) is 55.9. The second-order valence-electron chi connectivity index (χ2n) is 25.6. The van der Waals surface area contributed by atoms with Gasteiger partial charge in [-0.2, -0.15) is 0 Å². The van der Waals surface area contributed by atoms with Crippen LogP contribution in [-0.2, 0) is 65.4 Å². The molecule has 4 unspecified atom stereocenters. The van der Waals surface area contributed by atoms with Gasteiger partial charge in [-0.15, -0.1) is 0 Å². The van der Waals surface area contributed by atoms with Gasteiger partial charge in [-0.3, -0.25) is 37.3 Å². The first-order chi connectivity index (χ1) is 41.2. The number of carbonyl (C=O) groups excluding carboxylic acids is 4. The minimum absolute atomic E-state index is 0.101. The smallest absolute Gasteiger partial charge is 0.462 e. The first kappa shape index (κ1) is 84.1. The van der Waals surface area contributed by atoms with Crippen LogP contribution in [0.1, 0.15) is 325 Å². The molecule has 0 aliphatic rings. The first-order valence-corrected chi connectivity index (χ1v) is 37.8. The number of unbranched alkanes of at least 4 members (excludes halogenated alkanes) is 28. The molecule has 3 N–H and O–H groups in total. The maximum atomic E-state index is 13.0. The summed E-state index contributed by atoms with van der Waals surface area (Å²) in [5.74, 6) is 0.812. The number of aliphatic hydroxyl groups is 1. The lowest BCUT2D eigenvalue weighted by atomic mass is 9.99. The number of carbonyl (C=O) groups is 4. The van der Waals surface area contributed by atoms with Crippen LogP contribution in [0.5, 0.6) is 0 Å². The average molecular weight is 1270 g/mol. The highest BCUT2D eigenvalue weighted by Crippen LogP contribution is 2.45. The molecule has 0 aliphatic carbocycles. The number of hydrogen-bond donors (Lipinski definition) is 3. The minimum atomic E-state index is -4.95. The van der Waals surface area contributed by atoms with Crippen LogP contribution >= 0.6 is 15.6 Å². The molecule has 0 aromatic carbocycles. The monoisotopic (exact) mass is 1270 g/mol. The van der Waals surface area contributed by atoms with E-state index in [-0.39, 0.29) is 25.7 Å². The summed E-state index contributed by atoms with van der Waals surface area (Å²) in [6.07, 6.45) is 37.7. The van der Waals surface area contributed by atoms with Crippen molar-refractivity contribution in [2.75, 3.05) is 39.6 Å². The minimum Gasteiger partial charge on any atom is -0.462 e. The van der Waals surface area contributed by atoms with Gasteiger partial charge in [0.25, 0.3) is 0 Å². The Balaban J connectivity index is 5.24. The van der Waals surface area contributed by atoms with Crippen molar-refractivity contribution < 1.29 is 80.2 Å². The molecule has 510 valence electrons. The zero-order chi connectivity index (χ0) is 63.9. The Labute approximate surface area is 524 Å². The predicted octanol–water partition coefficient (Wildman–Crippen LogP) is 18.5. The second-order valence-corrected chi connectivity index (χ2v) is 28.6. The van der Waals surface area contributed by atoms with Gasteiger partial charge in [-0.05, 0) is 49.4 Å². The molecule has 0 aliphatic heterocycles. The lowest BCUT2D eigenvalue weighted by Crippen LogP contribution is -2.30. The van der Waals surface area contributed by atoms with Crippen LogP contribution in [-0.4, -0.2) is 96.7 Å². The van der Waals surface area contributed by atoms with Crippen LogP contribution in [0, 0.1) is 23.7 Å².